The van der Waals surface area contributed by atoms with E-state index in [0.29, 0.717) is 33.9 Å². The van der Waals surface area contributed by atoms with Crippen LogP contribution in [0.5, 0.6) is 5.75 Å². The molecular formula is C18H19BrN2O4S. The van der Waals surface area contributed by atoms with E-state index >= 15 is 0 Å². The fourth-order valence-electron chi connectivity index (χ4n) is 2.35. The van der Waals surface area contributed by atoms with E-state index in [9.17, 15) is 13.2 Å². The predicted molar refractivity (Wildman–Crippen MR) is 103 cm³/mol. The highest BCUT2D eigenvalue weighted by Gasteiger charge is 2.24. The van der Waals surface area contributed by atoms with E-state index in [1.807, 2.05) is 0 Å². The standard InChI is InChI=1S/C18H19BrN2O4S/c1-25-14-6-9-17(19)16(10-14)18(22)21-13-4-7-15(8-5-13)26(23,24)20-11-12-2-3-12/h4-10,12,20H,2-3,11H2,1H3,(H,21,22). The molecule has 0 aliphatic heterocycles. The number of sulfonamides is 1. The normalized spacial score (nSPS) is 14.1. The lowest BCUT2D eigenvalue weighted by molar-refractivity contribution is 0.102. The smallest absolute Gasteiger partial charge is 0.256 e. The second-order valence-electron chi connectivity index (χ2n) is 6.12. The number of nitrogens with one attached hydrogen (secondary N) is 2. The number of carbonyl (C=O) groups excluding carboxylic acids is 1. The van der Waals surface area contributed by atoms with Crippen LogP contribution in [0, 0.1) is 5.92 Å². The van der Waals surface area contributed by atoms with Crippen molar-refractivity contribution in [1.82, 2.24) is 4.72 Å². The Hall–Kier alpha value is -1.90. The van der Waals surface area contributed by atoms with Crippen LogP contribution in [0.4, 0.5) is 5.69 Å². The van der Waals surface area contributed by atoms with Gasteiger partial charge in [-0.15, -0.1) is 0 Å². The number of rotatable bonds is 7. The lowest BCUT2D eigenvalue weighted by atomic mass is 10.2. The second kappa shape index (κ2) is 7.77. The van der Waals surface area contributed by atoms with Crippen molar-refractivity contribution < 1.29 is 17.9 Å². The van der Waals surface area contributed by atoms with E-state index in [-0.39, 0.29) is 10.8 Å². The number of anilines is 1. The Morgan fingerprint density at radius 2 is 1.88 bits per heavy atom. The molecule has 1 fully saturated rings. The topological polar surface area (TPSA) is 84.5 Å². The molecule has 1 aliphatic carbocycles. The third-order valence-corrected chi connectivity index (χ3v) is 6.23. The number of benzene rings is 2. The molecule has 0 radical (unpaired) electrons. The SMILES string of the molecule is COc1ccc(Br)c(C(=O)Nc2ccc(S(=O)(=O)NCC3CC3)cc2)c1. The number of hydrogen-bond donors (Lipinski definition) is 2. The van der Waals surface area contributed by atoms with E-state index in [2.05, 4.69) is 26.0 Å². The molecule has 26 heavy (non-hydrogen) atoms. The summed E-state index contributed by atoms with van der Waals surface area (Å²) in [5, 5.41) is 2.75. The van der Waals surface area contributed by atoms with E-state index in [1.165, 1.54) is 19.2 Å². The summed E-state index contributed by atoms with van der Waals surface area (Å²) in [6.07, 6.45) is 2.15. The van der Waals surface area contributed by atoms with Crippen LogP contribution >= 0.6 is 15.9 Å². The van der Waals surface area contributed by atoms with Gasteiger partial charge in [0.15, 0.2) is 0 Å². The molecule has 0 saturated heterocycles. The van der Waals surface area contributed by atoms with Crippen molar-refractivity contribution in [2.45, 2.75) is 17.7 Å². The van der Waals surface area contributed by atoms with Gasteiger partial charge in [-0.3, -0.25) is 4.79 Å². The molecule has 1 amide bonds. The van der Waals surface area contributed by atoms with Crippen LogP contribution < -0.4 is 14.8 Å². The summed E-state index contributed by atoms with van der Waals surface area (Å²) < 4.78 is 32.8. The maximum Gasteiger partial charge on any atom is 0.256 e. The third-order valence-electron chi connectivity index (χ3n) is 4.10. The van der Waals surface area contributed by atoms with Crippen LogP contribution in [0.15, 0.2) is 51.8 Å². The molecule has 0 bridgehead atoms. The average molecular weight is 439 g/mol. The number of carbonyl (C=O) groups is 1. The molecule has 0 atom stereocenters. The summed E-state index contributed by atoms with van der Waals surface area (Å²) in [6.45, 7) is 0.477. The van der Waals surface area contributed by atoms with Crippen molar-refractivity contribution in [1.29, 1.82) is 0 Å². The fraction of sp³-hybridized carbons (Fsp3) is 0.278. The highest BCUT2D eigenvalue weighted by Crippen LogP contribution is 2.28. The maximum atomic E-state index is 12.4. The van der Waals surface area contributed by atoms with Gasteiger partial charge in [0.2, 0.25) is 10.0 Å². The van der Waals surface area contributed by atoms with Gasteiger partial charge in [-0.2, -0.15) is 0 Å². The molecule has 0 heterocycles. The van der Waals surface area contributed by atoms with Crippen molar-refractivity contribution in [3.63, 3.8) is 0 Å². The molecule has 0 aromatic heterocycles. The summed E-state index contributed by atoms with van der Waals surface area (Å²) in [5.74, 6) is 0.712. The first kappa shape index (κ1) is 18.9. The zero-order valence-corrected chi connectivity index (χ0v) is 16.6. The van der Waals surface area contributed by atoms with Crippen molar-refractivity contribution >= 4 is 37.5 Å². The lowest BCUT2D eigenvalue weighted by Crippen LogP contribution is -2.25. The molecule has 2 N–H and O–H groups in total. The minimum atomic E-state index is -3.52. The van der Waals surface area contributed by atoms with E-state index in [0.717, 1.165) is 12.8 Å². The minimum absolute atomic E-state index is 0.179. The highest BCUT2D eigenvalue weighted by molar-refractivity contribution is 9.10. The molecule has 8 heteroatoms. The largest absolute Gasteiger partial charge is 0.497 e. The van der Waals surface area contributed by atoms with Crippen LogP contribution in [0.1, 0.15) is 23.2 Å². The Bertz CT molecular complexity index is 909. The van der Waals surface area contributed by atoms with Gasteiger partial charge in [0.25, 0.3) is 5.91 Å². The molecule has 2 aromatic carbocycles. The number of halogens is 1. The molecule has 6 nitrogen and oxygen atoms in total. The summed E-state index contributed by atoms with van der Waals surface area (Å²) in [5.41, 5.74) is 0.929. The maximum absolute atomic E-state index is 12.4. The van der Waals surface area contributed by atoms with E-state index < -0.39 is 10.0 Å². The first-order valence-corrected chi connectivity index (χ1v) is 10.4. The Labute approximate surface area is 161 Å². The van der Waals surface area contributed by atoms with Crippen LogP contribution in [-0.2, 0) is 10.0 Å². The number of amides is 1. The molecular weight excluding hydrogens is 420 g/mol. The van der Waals surface area contributed by atoms with Gasteiger partial charge in [0, 0.05) is 16.7 Å². The molecule has 138 valence electrons. The zero-order valence-electron chi connectivity index (χ0n) is 14.2. The minimum Gasteiger partial charge on any atom is -0.497 e. The average Bonchev–Trinajstić information content (AvgIpc) is 3.45. The van der Waals surface area contributed by atoms with Gasteiger partial charge in [-0.25, -0.2) is 13.1 Å². The zero-order chi connectivity index (χ0) is 18.7. The highest BCUT2D eigenvalue weighted by atomic mass is 79.9. The van der Waals surface area contributed by atoms with E-state index in [4.69, 9.17) is 4.74 Å². The fourth-order valence-corrected chi connectivity index (χ4v) is 3.90. The van der Waals surface area contributed by atoms with Crippen molar-refractivity contribution in [3.05, 3.63) is 52.5 Å². The number of methoxy groups -OCH3 is 1. The van der Waals surface area contributed by atoms with E-state index in [1.54, 1.807) is 30.3 Å². The van der Waals surface area contributed by atoms with Crippen LogP contribution in [0.25, 0.3) is 0 Å². The molecule has 1 saturated carbocycles. The summed E-state index contributed by atoms with van der Waals surface area (Å²) >= 11 is 3.34. The van der Waals surface area contributed by atoms with Crippen LogP contribution in [-0.4, -0.2) is 28.0 Å². The number of ether oxygens (including phenoxy) is 1. The Morgan fingerprint density at radius 3 is 2.50 bits per heavy atom. The van der Waals surface area contributed by atoms with Gasteiger partial charge in [0.1, 0.15) is 5.75 Å². The molecule has 2 aromatic rings. The second-order valence-corrected chi connectivity index (χ2v) is 8.74. The molecule has 0 unspecified atom stereocenters. The summed E-state index contributed by atoms with van der Waals surface area (Å²) in [7, 11) is -1.99. The van der Waals surface area contributed by atoms with Gasteiger partial charge >= 0.3 is 0 Å². The lowest BCUT2D eigenvalue weighted by Gasteiger charge is -2.10. The Kier molecular flexibility index (Phi) is 5.64. The van der Waals surface area contributed by atoms with Crippen LogP contribution in [0.3, 0.4) is 0 Å². The first-order valence-electron chi connectivity index (χ1n) is 8.13. The predicted octanol–water partition coefficient (Wildman–Crippen LogP) is 3.40. The van der Waals surface area contributed by atoms with Crippen molar-refractivity contribution in [2.24, 2.45) is 5.92 Å². The Balaban J connectivity index is 1.69. The first-order chi connectivity index (χ1) is 12.4. The van der Waals surface area contributed by atoms with Gasteiger partial charge in [-0.05, 0) is 77.2 Å². The molecule has 1 aliphatic rings. The monoisotopic (exact) mass is 438 g/mol. The summed E-state index contributed by atoms with van der Waals surface area (Å²) in [6, 6.07) is 11.2. The third kappa shape index (κ3) is 4.63. The van der Waals surface area contributed by atoms with Gasteiger partial charge in [-0.1, -0.05) is 0 Å². The van der Waals surface area contributed by atoms with Crippen molar-refractivity contribution in [3.8, 4) is 5.75 Å². The van der Waals surface area contributed by atoms with Gasteiger partial charge in [0.05, 0.1) is 17.6 Å². The van der Waals surface area contributed by atoms with Gasteiger partial charge < -0.3 is 10.1 Å². The van der Waals surface area contributed by atoms with Crippen molar-refractivity contribution in [2.75, 3.05) is 19.0 Å². The quantitative estimate of drug-likeness (QED) is 0.693. The number of hydrogen-bond acceptors (Lipinski definition) is 4. The van der Waals surface area contributed by atoms with Crippen LogP contribution in [0.2, 0.25) is 0 Å². The Morgan fingerprint density at radius 1 is 1.19 bits per heavy atom. The molecule has 3 rings (SSSR count). The summed E-state index contributed by atoms with van der Waals surface area (Å²) in [4.78, 5) is 12.6. The molecule has 0 spiro atoms.